The molecular weight excluding hydrogens is 505 g/mol. The van der Waals surface area contributed by atoms with E-state index in [-0.39, 0.29) is 39.8 Å². The van der Waals surface area contributed by atoms with Crippen LogP contribution in [0.25, 0.3) is 16.6 Å². The normalized spacial score (nSPS) is 16.8. The Hall–Kier alpha value is -4.12. The molecule has 1 aromatic heterocycles. The van der Waals surface area contributed by atoms with E-state index in [0.717, 1.165) is 25.9 Å². The lowest BCUT2D eigenvalue weighted by Gasteiger charge is -2.37. The maximum absolute atomic E-state index is 15.8. The van der Waals surface area contributed by atoms with Crippen LogP contribution in [-0.2, 0) is 4.79 Å². The number of halogens is 1. The molecule has 2 amide bonds. The Morgan fingerprint density at radius 1 is 1.08 bits per heavy atom. The summed E-state index contributed by atoms with van der Waals surface area (Å²) in [5.74, 6) is -0.867. The van der Waals surface area contributed by atoms with E-state index in [1.54, 1.807) is 20.4 Å². The van der Waals surface area contributed by atoms with Gasteiger partial charge in [-0.05, 0) is 44.1 Å². The third-order valence-electron chi connectivity index (χ3n) is 7.78. The van der Waals surface area contributed by atoms with Gasteiger partial charge < -0.3 is 34.4 Å². The second-order valence-corrected chi connectivity index (χ2v) is 10.2. The fourth-order valence-corrected chi connectivity index (χ4v) is 5.73. The lowest BCUT2D eigenvalue weighted by molar-refractivity contribution is -0.129. The summed E-state index contributed by atoms with van der Waals surface area (Å²) in [6.07, 6.45) is 3.75. The predicted octanol–water partition coefficient (Wildman–Crippen LogP) is 2.44. The number of fused-ring (bicyclic) bond motifs is 2. The molecule has 2 aromatic carbocycles. The number of hydrogen-bond donors (Lipinski definition) is 2. The van der Waals surface area contributed by atoms with Crippen LogP contribution in [0.3, 0.4) is 0 Å². The maximum atomic E-state index is 15.8. The number of hydrogen-bond acceptors (Lipinski definition) is 7. The van der Waals surface area contributed by atoms with Crippen molar-refractivity contribution in [1.29, 1.82) is 0 Å². The number of pyridine rings is 1. The molecule has 3 aliphatic rings. The zero-order valence-electron chi connectivity index (χ0n) is 21.7. The van der Waals surface area contributed by atoms with Crippen LogP contribution < -0.4 is 20.4 Å². The first-order valence-corrected chi connectivity index (χ1v) is 13.3. The number of rotatable bonds is 5. The summed E-state index contributed by atoms with van der Waals surface area (Å²) < 4.78 is 23.6. The molecule has 0 aliphatic carbocycles. The molecule has 0 saturated carbocycles. The summed E-state index contributed by atoms with van der Waals surface area (Å²) in [7, 11) is 0. The summed E-state index contributed by atoms with van der Waals surface area (Å²) in [4.78, 5) is 44.3. The van der Waals surface area contributed by atoms with Gasteiger partial charge in [0.2, 0.25) is 11.3 Å². The zero-order valence-corrected chi connectivity index (χ0v) is 21.7. The number of likely N-dealkylation sites (tertiary alicyclic amines) is 1. The largest absolute Gasteiger partial charge is 0.508 e. The number of aromatic hydroxyl groups is 1. The summed E-state index contributed by atoms with van der Waals surface area (Å²) in [5.41, 5.74) is 0.347. The minimum Gasteiger partial charge on any atom is -0.508 e. The van der Waals surface area contributed by atoms with Crippen LogP contribution in [0.1, 0.15) is 30.1 Å². The number of ether oxygens (including phenoxy) is 1. The van der Waals surface area contributed by atoms with Crippen LogP contribution in [0.5, 0.6) is 17.2 Å². The Bertz CT molecular complexity index is 1540. The number of aromatic nitrogens is 1. The van der Waals surface area contributed by atoms with E-state index in [9.17, 15) is 19.5 Å². The summed E-state index contributed by atoms with van der Waals surface area (Å²) in [6.45, 7) is 6.20. The summed E-state index contributed by atoms with van der Waals surface area (Å²) in [6, 6.07) is 5.69. The van der Waals surface area contributed by atoms with E-state index in [1.807, 2.05) is 0 Å². The molecule has 0 atom stereocenters. The van der Waals surface area contributed by atoms with E-state index < -0.39 is 17.2 Å². The van der Waals surface area contributed by atoms with Crippen molar-refractivity contribution in [3.05, 3.63) is 52.1 Å². The monoisotopic (exact) mass is 535 g/mol. The molecule has 2 N–H and O–H groups in total. The predicted molar refractivity (Wildman–Crippen MR) is 144 cm³/mol. The van der Waals surface area contributed by atoms with Crippen LogP contribution in [0.4, 0.5) is 10.1 Å². The molecule has 4 heterocycles. The van der Waals surface area contributed by atoms with E-state index in [0.29, 0.717) is 50.5 Å². The first-order valence-electron chi connectivity index (χ1n) is 13.3. The van der Waals surface area contributed by atoms with Gasteiger partial charge in [0.1, 0.15) is 22.5 Å². The van der Waals surface area contributed by atoms with Crippen molar-refractivity contribution in [2.75, 3.05) is 57.3 Å². The highest BCUT2D eigenvalue weighted by atomic mass is 19.1. The molecule has 6 rings (SSSR count). The van der Waals surface area contributed by atoms with Gasteiger partial charge in [-0.15, -0.1) is 0 Å². The second kappa shape index (κ2) is 9.88. The smallest absolute Gasteiger partial charge is 0.256 e. The first kappa shape index (κ1) is 25.2. The summed E-state index contributed by atoms with van der Waals surface area (Å²) >= 11 is 0. The highest BCUT2D eigenvalue weighted by molar-refractivity contribution is 6.01. The standard InChI is InChI=1S/C28H30FN5O5/c1-17(35)32-10-12-33(13-11-32)25-21(29)15-19-24-27(25)39-23-14-18(36)4-5-22(23)34(24)16-20(26(19)37)28(38)30-6-9-31-7-2-3-8-31/h4-5,14-16,36H,2-3,6-13H2,1H3,(H,30,38). The van der Waals surface area contributed by atoms with Crippen molar-refractivity contribution in [2.24, 2.45) is 0 Å². The van der Waals surface area contributed by atoms with Crippen LogP contribution in [0.15, 0.2) is 35.3 Å². The number of nitrogens with one attached hydrogen (secondary N) is 1. The van der Waals surface area contributed by atoms with Crippen LogP contribution in [0, 0.1) is 5.82 Å². The molecule has 3 aliphatic heterocycles. The zero-order chi connectivity index (χ0) is 27.3. The summed E-state index contributed by atoms with van der Waals surface area (Å²) in [5, 5.41) is 13.0. The maximum Gasteiger partial charge on any atom is 0.256 e. The van der Waals surface area contributed by atoms with Crippen molar-refractivity contribution in [2.45, 2.75) is 19.8 Å². The third-order valence-corrected chi connectivity index (χ3v) is 7.78. The quantitative estimate of drug-likeness (QED) is 0.404. The van der Waals surface area contributed by atoms with Gasteiger partial charge in [-0.1, -0.05) is 0 Å². The minimum absolute atomic E-state index is 0.0274. The SMILES string of the molecule is CC(=O)N1CCN(c2c(F)cc3c(=O)c(C(=O)NCCN4CCCC4)cn4c3c2Oc2cc(O)ccc2-4)CC1. The lowest BCUT2D eigenvalue weighted by Crippen LogP contribution is -2.48. The van der Waals surface area contributed by atoms with Gasteiger partial charge in [0.25, 0.3) is 5.91 Å². The van der Waals surface area contributed by atoms with Gasteiger partial charge in [0, 0.05) is 58.5 Å². The number of anilines is 1. The topological polar surface area (TPSA) is 107 Å². The minimum atomic E-state index is -0.660. The number of benzene rings is 2. The van der Waals surface area contributed by atoms with Crippen LogP contribution in [0.2, 0.25) is 0 Å². The average molecular weight is 536 g/mol. The Morgan fingerprint density at radius 3 is 2.54 bits per heavy atom. The van der Waals surface area contributed by atoms with Crippen molar-refractivity contribution < 1.29 is 23.8 Å². The highest BCUT2D eigenvalue weighted by Crippen LogP contribution is 2.47. The fourth-order valence-electron chi connectivity index (χ4n) is 5.73. The van der Waals surface area contributed by atoms with Gasteiger partial charge in [-0.25, -0.2) is 4.39 Å². The average Bonchev–Trinajstić information content (AvgIpc) is 3.43. The molecule has 11 heteroatoms. The number of piperazine rings is 1. The van der Waals surface area contributed by atoms with E-state index in [4.69, 9.17) is 4.74 Å². The van der Waals surface area contributed by atoms with E-state index in [1.165, 1.54) is 31.3 Å². The van der Waals surface area contributed by atoms with Crippen molar-refractivity contribution in [3.8, 4) is 22.9 Å². The van der Waals surface area contributed by atoms with Crippen molar-refractivity contribution >= 4 is 28.4 Å². The van der Waals surface area contributed by atoms with Gasteiger partial charge in [-0.2, -0.15) is 0 Å². The van der Waals surface area contributed by atoms with Gasteiger partial charge in [0.15, 0.2) is 17.3 Å². The lowest BCUT2D eigenvalue weighted by atomic mass is 10.0. The van der Waals surface area contributed by atoms with Gasteiger partial charge in [0.05, 0.1) is 11.1 Å². The van der Waals surface area contributed by atoms with Crippen molar-refractivity contribution in [1.82, 2.24) is 19.7 Å². The van der Waals surface area contributed by atoms with Crippen LogP contribution in [-0.4, -0.2) is 83.6 Å². The number of amides is 2. The van der Waals surface area contributed by atoms with Crippen LogP contribution >= 0.6 is 0 Å². The highest BCUT2D eigenvalue weighted by Gasteiger charge is 2.32. The Balaban J connectivity index is 1.44. The number of carbonyl (C=O) groups is 2. The molecule has 10 nitrogen and oxygen atoms in total. The molecule has 39 heavy (non-hydrogen) atoms. The fraction of sp³-hybridized carbons (Fsp3) is 0.393. The molecule has 0 radical (unpaired) electrons. The Labute approximate surface area is 224 Å². The molecular formula is C28H30FN5O5. The molecule has 3 aromatic rings. The first-order chi connectivity index (χ1) is 18.8. The number of carbonyl (C=O) groups excluding carboxylic acids is 2. The number of nitrogens with zero attached hydrogens (tertiary/aromatic N) is 4. The van der Waals surface area contributed by atoms with Gasteiger partial charge >= 0.3 is 0 Å². The molecule has 0 unspecified atom stereocenters. The Morgan fingerprint density at radius 2 is 1.82 bits per heavy atom. The van der Waals surface area contributed by atoms with E-state index in [2.05, 4.69) is 10.2 Å². The second-order valence-electron chi connectivity index (χ2n) is 10.2. The molecule has 204 valence electrons. The third kappa shape index (κ3) is 4.46. The molecule has 2 saturated heterocycles. The molecule has 0 bridgehead atoms. The molecule has 0 spiro atoms. The molecule has 2 fully saturated rings. The Kier molecular flexibility index (Phi) is 6.38. The number of phenols is 1. The van der Waals surface area contributed by atoms with Gasteiger partial charge in [-0.3, -0.25) is 14.4 Å². The van der Waals surface area contributed by atoms with E-state index >= 15 is 4.39 Å². The van der Waals surface area contributed by atoms with Crippen molar-refractivity contribution in [3.63, 3.8) is 0 Å². The number of phenolic OH excluding ortho intramolecular Hbond substituents is 1.